The number of hydrogen-bond acceptors (Lipinski definition) is 2. The molecule has 0 aromatic heterocycles. The minimum atomic E-state index is -2.20. The summed E-state index contributed by atoms with van der Waals surface area (Å²) < 4.78 is 10.3. The van der Waals surface area contributed by atoms with E-state index in [1.54, 1.807) is 0 Å². The molecular formula is C6H14O2Si. The zero-order chi connectivity index (χ0) is 7.33. The summed E-state index contributed by atoms with van der Waals surface area (Å²) in [5.41, 5.74) is 0. The van der Waals surface area contributed by atoms with Crippen molar-refractivity contribution in [2.75, 3.05) is 13.2 Å². The second-order valence-corrected chi connectivity index (χ2v) is 4.49. The van der Waals surface area contributed by atoms with Crippen LogP contribution in [0.5, 0.6) is 0 Å². The Bertz CT molecular complexity index is 65.5. The lowest BCUT2D eigenvalue weighted by molar-refractivity contribution is 0.200. The van der Waals surface area contributed by atoms with E-state index >= 15 is 0 Å². The molecule has 0 N–H and O–H groups in total. The highest BCUT2D eigenvalue weighted by Crippen LogP contribution is 2.03. The SMILES string of the molecule is [CH][Si](C)(OCC)OCC. The first kappa shape index (κ1) is 9.14. The first-order valence-electron chi connectivity index (χ1n) is 3.19. The molecule has 2 nitrogen and oxygen atoms in total. The van der Waals surface area contributed by atoms with Gasteiger partial charge in [0.05, 0.1) is 0 Å². The first-order chi connectivity index (χ1) is 4.12. The van der Waals surface area contributed by atoms with Crippen LogP contribution in [0.3, 0.4) is 0 Å². The highest BCUT2D eigenvalue weighted by molar-refractivity contribution is 6.67. The Morgan fingerprint density at radius 3 is 1.78 bits per heavy atom. The molecule has 0 bridgehead atoms. The van der Waals surface area contributed by atoms with Gasteiger partial charge in [0, 0.05) is 19.8 Å². The fourth-order valence-corrected chi connectivity index (χ4v) is 1.84. The summed E-state index contributed by atoms with van der Waals surface area (Å²) in [6.07, 6.45) is 0. The van der Waals surface area contributed by atoms with Crippen LogP contribution in [0.2, 0.25) is 6.55 Å². The Balaban J connectivity index is 3.43. The predicted molar refractivity (Wildman–Crippen MR) is 39.2 cm³/mol. The van der Waals surface area contributed by atoms with Gasteiger partial charge in [-0.2, -0.15) is 0 Å². The summed E-state index contributed by atoms with van der Waals surface area (Å²) >= 11 is 0. The van der Waals surface area contributed by atoms with Crippen molar-refractivity contribution in [2.24, 2.45) is 0 Å². The van der Waals surface area contributed by atoms with Gasteiger partial charge in [0.15, 0.2) is 0 Å². The summed E-state index contributed by atoms with van der Waals surface area (Å²) in [5.74, 6) is 0. The Hall–Kier alpha value is 0.137. The highest BCUT2D eigenvalue weighted by Gasteiger charge is 2.22. The third-order valence-corrected chi connectivity index (χ3v) is 2.59. The molecule has 0 atom stereocenters. The monoisotopic (exact) mass is 146 g/mol. The molecular weight excluding hydrogens is 132 g/mol. The smallest absolute Gasteiger partial charge is 0.338 e. The second-order valence-electron chi connectivity index (χ2n) is 1.88. The molecule has 0 aromatic rings. The van der Waals surface area contributed by atoms with Gasteiger partial charge in [-0.05, 0) is 20.4 Å². The van der Waals surface area contributed by atoms with Crippen LogP contribution in [0.25, 0.3) is 0 Å². The fraction of sp³-hybridized carbons (Fsp3) is 0.833. The Morgan fingerprint density at radius 1 is 1.22 bits per heavy atom. The lowest BCUT2D eigenvalue weighted by Gasteiger charge is -2.19. The zero-order valence-corrected chi connectivity index (χ0v) is 7.31. The molecule has 0 aliphatic rings. The van der Waals surface area contributed by atoms with Gasteiger partial charge in [-0.25, -0.2) is 0 Å². The van der Waals surface area contributed by atoms with E-state index in [0.29, 0.717) is 13.2 Å². The second kappa shape index (κ2) is 4.03. The molecule has 0 rings (SSSR count). The van der Waals surface area contributed by atoms with Crippen molar-refractivity contribution in [1.29, 1.82) is 0 Å². The summed E-state index contributed by atoms with van der Waals surface area (Å²) in [6, 6.07) is 0. The van der Waals surface area contributed by atoms with E-state index in [9.17, 15) is 0 Å². The van der Waals surface area contributed by atoms with Crippen LogP contribution in [0.1, 0.15) is 13.8 Å². The molecule has 9 heavy (non-hydrogen) atoms. The summed E-state index contributed by atoms with van der Waals surface area (Å²) in [7, 11) is -2.20. The molecule has 0 aliphatic heterocycles. The van der Waals surface area contributed by atoms with Gasteiger partial charge >= 0.3 is 8.56 Å². The molecule has 54 valence electrons. The van der Waals surface area contributed by atoms with Crippen molar-refractivity contribution >= 4 is 8.56 Å². The van der Waals surface area contributed by atoms with Crippen LogP contribution in [0.15, 0.2) is 0 Å². The molecule has 0 spiro atoms. The van der Waals surface area contributed by atoms with Crippen molar-refractivity contribution in [2.45, 2.75) is 20.4 Å². The van der Waals surface area contributed by atoms with E-state index in [-0.39, 0.29) is 0 Å². The quantitative estimate of drug-likeness (QED) is 0.558. The molecule has 2 radical (unpaired) electrons. The Morgan fingerprint density at radius 2 is 1.56 bits per heavy atom. The maximum atomic E-state index is 5.63. The van der Waals surface area contributed by atoms with E-state index in [1.165, 1.54) is 0 Å². The van der Waals surface area contributed by atoms with Crippen LogP contribution < -0.4 is 0 Å². The first-order valence-corrected chi connectivity index (χ1v) is 5.58. The van der Waals surface area contributed by atoms with Gasteiger partial charge < -0.3 is 8.85 Å². The van der Waals surface area contributed by atoms with Crippen LogP contribution in [-0.4, -0.2) is 21.8 Å². The zero-order valence-electron chi connectivity index (χ0n) is 6.31. The third-order valence-electron chi connectivity index (χ3n) is 0.862. The molecule has 0 saturated heterocycles. The number of hydrogen-bond donors (Lipinski definition) is 0. The van der Waals surface area contributed by atoms with E-state index < -0.39 is 8.56 Å². The summed E-state index contributed by atoms with van der Waals surface area (Å²) in [6.45, 7) is 12.6. The normalized spacial score (nSPS) is 12.0. The van der Waals surface area contributed by atoms with E-state index in [2.05, 4.69) is 0 Å². The van der Waals surface area contributed by atoms with Gasteiger partial charge in [0.2, 0.25) is 0 Å². The summed E-state index contributed by atoms with van der Waals surface area (Å²) in [4.78, 5) is 0. The lowest BCUT2D eigenvalue weighted by atomic mass is 10.9. The molecule has 3 heteroatoms. The Labute approximate surface area is 58.4 Å². The molecule has 0 heterocycles. The minimum absolute atomic E-state index is 0.638. The summed E-state index contributed by atoms with van der Waals surface area (Å²) in [5, 5.41) is 0. The van der Waals surface area contributed by atoms with Crippen molar-refractivity contribution in [1.82, 2.24) is 0 Å². The van der Waals surface area contributed by atoms with Crippen molar-refractivity contribution in [3.8, 4) is 0 Å². The van der Waals surface area contributed by atoms with Gasteiger partial charge in [-0.1, -0.05) is 0 Å². The van der Waals surface area contributed by atoms with Gasteiger partial charge in [-0.15, -0.1) is 0 Å². The topological polar surface area (TPSA) is 18.5 Å². The maximum Gasteiger partial charge on any atom is 0.338 e. The van der Waals surface area contributed by atoms with Crippen molar-refractivity contribution in [3.63, 3.8) is 0 Å². The molecule has 0 fully saturated rings. The highest BCUT2D eigenvalue weighted by atomic mass is 28.4. The van der Waals surface area contributed by atoms with Crippen LogP contribution >= 0.6 is 0 Å². The maximum absolute atomic E-state index is 5.63. The lowest BCUT2D eigenvalue weighted by Crippen LogP contribution is -2.35. The van der Waals surface area contributed by atoms with E-state index in [4.69, 9.17) is 15.4 Å². The van der Waals surface area contributed by atoms with E-state index in [1.807, 2.05) is 20.4 Å². The minimum Gasteiger partial charge on any atom is -0.394 e. The van der Waals surface area contributed by atoms with Crippen LogP contribution in [0, 0.1) is 6.55 Å². The van der Waals surface area contributed by atoms with Crippen molar-refractivity contribution in [3.05, 3.63) is 6.55 Å². The largest absolute Gasteiger partial charge is 0.394 e. The van der Waals surface area contributed by atoms with Crippen molar-refractivity contribution < 1.29 is 8.85 Å². The average molecular weight is 146 g/mol. The van der Waals surface area contributed by atoms with E-state index in [0.717, 1.165) is 0 Å². The van der Waals surface area contributed by atoms with Crippen LogP contribution in [-0.2, 0) is 8.85 Å². The van der Waals surface area contributed by atoms with Gasteiger partial charge in [0.25, 0.3) is 0 Å². The third kappa shape index (κ3) is 4.63. The molecule has 0 aliphatic carbocycles. The fourth-order valence-electron chi connectivity index (χ4n) is 0.615. The molecule has 0 unspecified atom stereocenters. The average Bonchev–Trinajstić information content (AvgIpc) is 1.64. The molecule has 0 aromatic carbocycles. The van der Waals surface area contributed by atoms with Crippen LogP contribution in [0.4, 0.5) is 0 Å². The Kier molecular flexibility index (Phi) is 4.09. The van der Waals surface area contributed by atoms with Gasteiger partial charge in [0.1, 0.15) is 0 Å². The number of rotatable bonds is 4. The standard InChI is InChI=1S/C6H14O2Si/c1-5-7-9(3,4)8-6-2/h3H,5-6H2,1-2,4H3. The molecule has 0 saturated carbocycles. The predicted octanol–water partition coefficient (Wildman–Crippen LogP) is 1.38. The molecule has 0 amide bonds. The van der Waals surface area contributed by atoms with Gasteiger partial charge in [-0.3, -0.25) is 0 Å².